The first kappa shape index (κ1) is 13.7. The van der Waals surface area contributed by atoms with Gasteiger partial charge in [0, 0.05) is 5.69 Å². The predicted molar refractivity (Wildman–Crippen MR) is 82.7 cm³/mol. The Morgan fingerprint density at radius 1 is 1.10 bits per heavy atom. The van der Waals surface area contributed by atoms with Gasteiger partial charge in [0.1, 0.15) is 12.4 Å². The van der Waals surface area contributed by atoms with Gasteiger partial charge in [-0.3, -0.25) is 0 Å². The number of ether oxygens (including phenoxy) is 1. The number of nitrogen functional groups attached to an aromatic ring is 1. The highest BCUT2D eigenvalue weighted by Gasteiger charge is 2.29. The van der Waals surface area contributed by atoms with Crippen LogP contribution < -0.4 is 10.5 Å². The van der Waals surface area contributed by atoms with Crippen molar-refractivity contribution in [1.82, 2.24) is 0 Å². The molecule has 21 heavy (non-hydrogen) atoms. The van der Waals surface area contributed by atoms with Crippen molar-refractivity contribution in [1.29, 1.82) is 0 Å². The van der Waals surface area contributed by atoms with Crippen molar-refractivity contribution >= 4 is 21.6 Å². The monoisotopic (exact) mass is 301 g/mol. The third kappa shape index (κ3) is 2.52. The Labute approximate surface area is 123 Å². The van der Waals surface area contributed by atoms with Crippen molar-refractivity contribution < 1.29 is 13.2 Å². The average Bonchev–Trinajstić information content (AvgIpc) is 2.69. The minimum absolute atomic E-state index is 0.0139. The van der Waals surface area contributed by atoms with Gasteiger partial charge >= 0.3 is 0 Å². The second kappa shape index (κ2) is 4.93. The zero-order chi connectivity index (χ0) is 15.0. The minimum Gasteiger partial charge on any atom is -0.488 e. The molecule has 3 rings (SSSR count). The van der Waals surface area contributed by atoms with Crippen molar-refractivity contribution in [3.05, 3.63) is 58.5 Å². The molecule has 4 nitrogen and oxygen atoms in total. The summed E-state index contributed by atoms with van der Waals surface area (Å²) in [5.74, 6) is 0.646. The molecule has 5 heteroatoms. The van der Waals surface area contributed by atoms with Crippen LogP contribution in [0.15, 0.2) is 52.3 Å². The van der Waals surface area contributed by atoms with Crippen LogP contribution in [-0.2, 0) is 9.84 Å². The third-order valence-corrected chi connectivity index (χ3v) is 5.26. The van der Waals surface area contributed by atoms with Gasteiger partial charge in [-0.15, -0.1) is 0 Å². The van der Waals surface area contributed by atoms with Gasteiger partial charge in [-0.05, 0) is 48.9 Å². The maximum atomic E-state index is 12.4. The molecule has 0 bridgehead atoms. The highest BCUT2D eigenvalue weighted by atomic mass is 32.2. The number of anilines is 1. The molecular weight excluding hydrogens is 286 g/mol. The summed E-state index contributed by atoms with van der Waals surface area (Å²) in [4.78, 5) is 0.544. The maximum absolute atomic E-state index is 12.4. The molecule has 2 aromatic carbocycles. The number of hydrogen-bond acceptors (Lipinski definition) is 4. The van der Waals surface area contributed by atoms with Crippen LogP contribution in [0.4, 0.5) is 5.69 Å². The molecule has 0 aliphatic carbocycles. The van der Waals surface area contributed by atoms with Crippen LogP contribution >= 0.6 is 0 Å². The van der Waals surface area contributed by atoms with Gasteiger partial charge in [-0.25, -0.2) is 8.42 Å². The van der Waals surface area contributed by atoms with Gasteiger partial charge in [0.2, 0.25) is 9.84 Å². The molecule has 0 spiro atoms. The summed E-state index contributed by atoms with van der Waals surface area (Å²) >= 11 is 0. The van der Waals surface area contributed by atoms with Crippen LogP contribution in [0.2, 0.25) is 0 Å². The van der Waals surface area contributed by atoms with E-state index in [1.807, 2.05) is 31.2 Å². The van der Waals surface area contributed by atoms with Gasteiger partial charge in [0.05, 0.1) is 9.80 Å². The Hall–Kier alpha value is -2.27. The fourth-order valence-corrected chi connectivity index (χ4v) is 3.68. The molecule has 2 aromatic rings. The summed E-state index contributed by atoms with van der Waals surface area (Å²) in [6.07, 6.45) is 1.62. The molecule has 0 amide bonds. The Bertz CT molecular complexity index is 821. The van der Waals surface area contributed by atoms with E-state index >= 15 is 0 Å². The first-order valence-corrected chi connectivity index (χ1v) is 8.00. The second-order valence-corrected chi connectivity index (χ2v) is 6.98. The summed E-state index contributed by atoms with van der Waals surface area (Å²) in [5, 5.41) is 0. The van der Waals surface area contributed by atoms with Crippen molar-refractivity contribution in [3.8, 4) is 5.75 Å². The molecule has 1 aliphatic heterocycles. The van der Waals surface area contributed by atoms with E-state index in [0.29, 0.717) is 21.9 Å². The molecule has 1 aliphatic rings. The number of rotatable bonds is 3. The SMILES string of the molecule is Cc1ccc(OCC2=Cc3cc(N)ccc3S2(=O)=O)cc1. The van der Waals surface area contributed by atoms with E-state index < -0.39 is 9.84 Å². The van der Waals surface area contributed by atoms with Gasteiger partial charge in [-0.2, -0.15) is 0 Å². The van der Waals surface area contributed by atoms with E-state index in [0.717, 1.165) is 5.56 Å². The normalized spacial score (nSPS) is 15.4. The van der Waals surface area contributed by atoms with E-state index in [1.165, 1.54) is 6.07 Å². The van der Waals surface area contributed by atoms with Crippen LogP contribution in [-0.4, -0.2) is 15.0 Å². The number of sulfone groups is 1. The number of aryl methyl sites for hydroxylation is 1. The smallest absolute Gasteiger partial charge is 0.206 e. The molecule has 108 valence electrons. The lowest BCUT2D eigenvalue weighted by Gasteiger charge is -2.07. The lowest BCUT2D eigenvalue weighted by molar-refractivity contribution is 0.359. The van der Waals surface area contributed by atoms with Crippen LogP contribution in [0.25, 0.3) is 6.08 Å². The van der Waals surface area contributed by atoms with E-state index in [2.05, 4.69) is 0 Å². The van der Waals surface area contributed by atoms with Crippen LogP contribution in [0.3, 0.4) is 0 Å². The van der Waals surface area contributed by atoms with Crippen molar-refractivity contribution in [2.45, 2.75) is 11.8 Å². The molecule has 0 aromatic heterocycles. The number of nitrogens with two attached hydrogens (primary N) is 1. The van der Waals surface area contributed by atoms with E-state index in [9.17, 15) is 8.42 Å². The molecular formula is C16H15NO3S. The molecule has 0 atom stereocenters. The zero-order valence-corrected chi connectivity index (χ0v) is 12.4. The van der Waals surface area contributed by atoms with Crippen LogP contribution in [0.5, 0.6) is 5.75 Å². The van der Waals surface area contributed by atoms with Crippen molar-refractivity contribution in [2.75, 3.05) is 12.3 Å². The Morgan fingerprint density at radius 2 is 1.81 bits per heavy atom. The first-order valence-electron chi connectivity index (χ1n) is 6.51. The lowest BCUT2D eigenvalue weighted by Crippen LogP contribution is -2.09. The average molecular weight is 301 g/mol. The topological polar surface area (TPSA) is 69.4 Å². The summed E-state index contributed by atoms with van der Waals surface area (Å²) in [6, 6.07) is 12.3. The van der Waals surface area contributed by atoms with Gasteiger partial charge in [0.15, 0.2) is 0 Å². The summed E-state index contributed by atoms with van der Waals surface area (Å²) in [5.41, 5.74) is 7.98. The van der Waals surface area contributed by atoms with E-state index in [-0.39, 0.29) is 11.5 Å². The summed E-state index contributed by atoms with van der Waals surface area (Å²) < 4.78 is 30.3. The van der Waals surface area contributed by atoms with Crippen molar-refractivity contribution in [2.24, 2.45) is 0 Å². The third-order valence-electron chi connectivity index (χ3n) is 3.39. The predicted octanol–water partition coefficient (Wildman–Crippen LogP) is 2.78. The number of fused-ring (bicyclic) bond motifs is 1. The van der Waals surface area contributed by atoms with Crippen LogP contribution in [0.1, 0.15) is 11.1 Å². The molecule has 2 N–H and O–H groups in total. The van der Waals surface area contributed by atoms with Gasteiger partial charge in [0.25, 0.3) is 0 Å². The summed E-state index contributed by atoms with van der Waals surface area (Å²) in [6.45, 7) is 1.99. The molecule has 0 saturated carbocycles. The molecule has 0 fully saturated rings. The largest absolute Gasteiger partial charge is 0.488 e. The molecule has 0 saturated heterocycles. The maximum Gasteiger partial charge on any atom is 0.206 e. The molecule has 0 radical (unpaired) electrons. The first-order chi connectivity index (χ1) is 9.96. The fraction of sp³-hybridized carbons (Fsp3) is 0.125. The minimum atomic E-state index is -3.46. The van der Waals surface area contributed by atoms with Gasteiger partial charge in [-0.1, -0.05) is 17.7 Å². The van der Waals surface area contributed by atoms with Gasteiger partial charge < -0.3 is 10.5 Å². The Kier molecular flexibility index (Phi) is 3.22. The zero-order valence-electron chi connectivity index (χ0n) is 11.5. The molecule has 1 heterocycles. The lowest BCUT2D eigenvalue weighted by atomic mass is 10.2. The number of benzene rings is 2. The quantitative estimate of drug-likeness (QED) is 0.885. The Balaban J connectivity index is 1.84. The van der Waals surface area contributed by atoms with Crippen molar-refractivity contribution in [3.63, 3.8) is 0 Å². The Morgan fingerprint density at radius 3 is 2.52 bits per heavy atom. The summed E-state index contributed by atoms with van der Waals surface area (Å²) in [7, 11) is -3.46. The van der Waals surface area contributed by atoms with E-state index in [4.69, 9.17) is 10.5 Å². The standard InChI is InChI=1S/C16H15NO3S/c1-11-2-5-14(6-3-11)20-10-15-9-12-8-13(17)4-7-16(12)21(15,18)19/h2-9H,10,17H2,1H3. The highest BCUT2D eigenvalue weighted by Crippen LogP contribution is 2.34. The highest BCUT2D eigenvalue weighted by molar-refractivity contribution is 7.95. The van der Waals surface area contributed by atoms with Crippen LogP contribution in [0, 0.1) is 6.92 Å². The second-order valence-electron chi connectivity index (χ2n) is 5.01. The molecule has 0 unspecified atom stereocenters. The fourth-order valence-electron chi connectivity index (χ4n) is 2.22. The van der Waals surface area contributed by atoms with E-state index in [1.54, 1.807) is 18.2 Å². The number of hydrogen-bond donors (Lipinski definition) is 1.